The number of hydrogen-bond acceptors (Lipinski definition) is 0. The van der Waals surface area contributed by atoms with Gasteiger partial charge in [0.2, 0.25) is 0 Å². The molecule has 0 bridgehead atoms. The third kappa shape index (κ3) is 11.4. The number of aromatic amines is 2. The Labute approximate surface area is 164 Å². The minimum Gasteiger partial charge on any atom is -0.367 e. The summed E-state index contributed by atoms with van der Waals surface area (Å²) in [6.07, 6.45) is 11.9. The van der Waals surface area contributed by atoms with Gasteiger partial charge in [0.05, 0.1) is 0 Å². The molecule has 0 atom stereocenters. The standard InChI is InChI=1S/2C6H9N.2C5H7N.CH4/c1-6-3-4-7(2)5-6;1-6-4-3-5-7(6)2;1-5-2-3-6-4-5;1-5-3-2-4-6-5;/h2*3-5H,1-2H3;2*2-4,6H,1H3;1H4. The molecule has 0 fully saturated rings. The van der Waals surface area contributed by atoms with Crippen LogP contribution in [0.2, 0.25) is 0 Å². The normalized spacial score (nSPS) is 8.81. The van der Waals surface area contributed by atoms with Gasteiger partial charge in [-0.2, -0.15) is 0 Å². The van der Waals surface area contributed by atoms with Crippen molar-refractivity contribution in [3.05, 3.63) is 96.1 Å². The molecule has 148 valence electrons. The molecule has 27 heavy (non-hydrogen) atoms. The summed E-state index contributed by atoms with van der Waals surface area (Å²) in [5, 5.41) is 0. The molecule has 4 heterocycles. The fraction of sp³-hybridized carbons (Fsp3) is 0.304. The highest BCUT2D eigenvalue weighted by atomic mass is 14.9. The molecular weight excluding hydrogens is 332 g/mol. The minimum absolute atomic E-state index is 0. The smallest absolute Gasteiger partial charge is 0.0140 e. The van der Waals surface area contributed by atoms with E-state index < -0.39 is 0 Å². The van der Waals surface area contributed by atoms with Gasteiger partial charge in [0, 0.05) is 62.7 Å². The Morgan fingerprint density at radius 3 is 1.67 bits per heavy atom. The van der Waals surface area contributed by atoms with Crippen LogP contribution in [0.5, 0.6) is 0 Å². The summed E-state index contributed by atoms with van der Waals surface area (Å²) < 4.78 is 4.12. The third-order valence-electron chi connectivity index (χ3n) is 3.69. The Balaban J connectivity index is 0.000000331. The van der Waals surface area contributed by atoms with Crippen LogP contribution in [-0.2, 0) is 14.1 Å². The van der Waals surface area contributed by atoms with Crippen LogP contribution >= 0.6 is 0 Å². The van der Waals surface area contributed by atoms with Gasteiger partial charge >= 0.3 is 0 Å². The van der Waals surface area contributed by atoms with Gasteiger partial charge in [-0.1, -0.05) is 7.43 Å². The second kappa shape index (κ2) is 13.3. The highest BCUT2D eigenvalue weighted by Crippen LogP contribution is 1.94. The van der Waals surface area contributed by atoms with Crippen LogP contribution in [-0.4, -0.2) is 19.1 Å². The van der Waals surface area contributed by atoms with Crippen LogP contribution in [0.4, 0.5) is 0 Å². The largest absolute Gasteiger partial charge is 0.367 e. The van der Waals surface area contributed by atoms with Crippen molar-refractivity contribution in [2.24, 2.45) is 14.1 Å². The van der Waals surface area contributed by atoms with E-state index in [1.165, 1.54) is 22.5 Å². The summed E-state index contributed by atoms with van der Waals surface area (Å²) >= 11 is 0. The molecule has 0 spiro atoms. The van der Waals surface area contributed by atoms with E-state index in [0.29, 0.717) is 0 Å². The number of rotatable bonds is 0. The maximum Gasteiger partial charge on any atom is 0.0140 e. The minimum atomic E-state index is 0. The van der Waals surface area contributed by atoms with Gasteiger partial charge in [0.25, 0.3) is 0 Å². The lowest BCUT2D eigenvalue weighted by Crippen LogP contribution is -1.84. The van der Waals surface area contributed by atoms with Gasteiger partial charge in [-0.05, 0) is 75.2 Å². The summed E-state index contributed by atoms with van der Waals surface area (Å²) in [5.74, 6) is 0. The fourth-order valence-corrected chi connectivity index (χ4v) is 2.02. The predicted molar refractivity (Wildman–Crippen MR) is 118 cm³/mol. The van der Waals surface area contributed by atoms with E-state index in [0.717, 1.165) is 0 Å². The Kier molecular flexibility index (Phi) is 11.9. The molecule has 4 aromatic rings. The summed E-state index contributed by atoms with van der Waals surface area (Å²) in [4.78, 5) is 5.93. The van der Waals surface area contributed by atoms with E-state index in [1.807, 2.05) is 80.8 Å². The highest BCUT2D eigenvalue weighted by molar-refractivity contribution is 5.06. The topological polar surface area (TPSA) is 41.4 Å². The maximum absolute atomic E-state index is 3.00. The second-order valence-electron chi connectivity index (χ2n) is 6.36. The number of H-pyrrole nitrogens is 2. The zero-order valence-corrected chi connectivity index (χ0v) is 16.8. The molecule has 0 aromatic carbocycles. The lowest BCUT2D eigenvalue weighted by molar-refractivity contribution is 0.882. The zero-order chi connectivity index (χ0) is 19.4. The Hall–Kier alpha value is -2.88. The van der Waals surface area contributed by atoms with Crippen LogP contribution < -0.4 is 0 Å². The lowest BCUT2D eigenvalue weighted by Gasteiger charge is -1.89. The van der Waals surface area contributed by atoms with Gasteiger partial charge in [0.15, 0.2) is 0 Å². The SMILES string of the molecule is C.Cc1cc[nH]c1.Cc1ccc[nH]1.Cc1cccn1C.Cc1ccn(C)c1. The van der Waals surface area contributed by atoms with Crippen molar-refractivity contribution in [1.82, 2.24) is 19.1 Å². The van der Waals surface area contributed by atoms with Gasteiger partial charge in [-0.3, -0.25) is 0 Å². The van der Waals surface area contributed by atoms with Crippen LogP contribution in [0.3, 0.4) is 0 Å². The summed E-state index contributed by atoms with van der Waals surface area (Å²) in [6.45, 7) is 8.25. The van der Waals surface area contributed by atoms with E-state index in [1.54, 1.807) is 0 Å². The molecule has 2 N–H and O–H groups in total. The van der Waals surface area contributed by atoms with E-state index >= 15 is 0 Å². The van der Waals surface area contributed by atoms with Crippen molar-refractivity contribution in [2.75, 3.05) is 0 Å². The first-order valence-electron chi connectivity index (χ1n) is 8.74. The molecule has 4 nitrogen and oxygen atoms in total. The first kappa shape index (κ1) is 24.1. The zero-order valence-electron chi connectivity index (χ0n) is 16.8. The van der Waals surface area contributed by atoms with Crippen molar-refractivity contribution < 1.29 is 0 Å². The van der Waals surface area contributed by atoms with Crippen molar-refractivity contribution in [3.8, 4) is 0 Å². The first-order valence-corrected chi connectivity index (χ1v) is 8.74. The number of aryl methyl sites for hydroxylation is 6. The molecule has 0 aliphatic rings. The number of nitrogens with zero attached hydrogens (tertiary/aromatic N) is 2. The Bertz CT molecular complexity index is 737. The molecule has 0 aliphatic carbocycles. The Morgan fingerprint density at radius 1 is 0.778 bits per heavy atom. The second-order valence-corrected chi connectivity index (χ2v) is 6.36. The van der Waals surface area contributed by atoms with Crippen LogP contribution in [0.1, 0.15) is 29.9 Å². The third-order valence-corrected chi connectivity index (χ3v) is 3.69. The van der Waals surface area contributed by atoms with Crippen molar-refractivity contribution >= 4 is 0 Å². The molecule has 0 radical (unpaired) electrons. The summed E-state index contributed by atoms with van der Waals surface area (Å²) in [6, 6.07) is 12.2. The highest BCUT2D eigenvalue weighted by Gasteiger charge is 1.82. The maximum atomic E-state index is 3.00. The van der Waals surface area contributed by atoms with E-state index in [4.69, 9.17) is 0 Å². The van der Waals surface area contributed by atoms with Crippen LogP contribution in [0.15, 0.2) is 73.6 Å². The molecule has 4 aromatic heterocycles. The van der Waals surface area contributed by atoms with Crippen molar-refractivity contribution in [1.29, 1.82) is 0 Å². The van der Waals surface area contributed by atoms with Gasteiger partial charge in [-0.25, -0.2) is 0 Å². The van der Waals surface area contributed by atoms with E-state index in [2.05, 4.69) is 53.6 Å². The van der Waals surface area contributed by atoms with Gasteiger partial charge < -0.3 is 19.1 Å². The molecule has 0 aliphatic heterocycles. The number of hydrogen-bond donors (Lipinski definition) is 2. The van der Waals surface area contributed by atoms with E-state index in [-0.39, 0.29) is 7.43 Å². The average Bonchev–Trinajstić information content (AvgIpc) is 3.38. The quantitative estimate of drug-likeness (QED) is 0.385. The monoisotopic (exact) mass is 368 g/mol. The first-order chi connectivity index (χ1) is 12.4. The molecule has 4 rings (SSSR count). The molecular formula is C23H36N4. The van der Waals surface area contributed by atoms with Crippen molar-refractivity contribution in [3.63, 3.8) is 0 Å². The average molecular weight is 369 g/mol. The van der Waals surface area contributed by atoms with Crippen molar-refractivity contribution in [2.45, 2.75) is 35.1 Å². The van der Waals surface area contributed by atoms with Gasteiger partial charge in [0.1, 0.15) is 0 Å². The molecule has 0 saturated heterocycles. The summed E-state index contributed by atoms with van der Waals surface area (Å²) in [5.41, 5.74) is 5.13. The van der Waals surface area contributed by atoms with Crippen LogP contribution in [0.25, 0.3) is 0 Å². The molecule has 0 unspecified atom stereocenters. The van der Waals surface area contributed by atoms with E-state index in [9.17, 15) is 0 Å². The number of aromatic nitrogens is 4. The fourth-order valence-electron chi connectivity index (χ4n) is 2.02. The lowest BCUT2D eigenvalue weighted by atomic mass is 10.4. The summed E-state index contributed by atoms with van der Waals surface area (Å²) in [7, 11) is 4.06. The molecule has 0 saturated carbocycles. The predicted octanol–water partition coefficient (Wildman–Crippen LogP) is 5.95. The number of nitrogens with one attached hydrogen (secondary N) is 2. The molecule has 4 heteroatoms. The molecule has 0 amide bonds. The van der Waals surface area contributed by atoms with Gasteiger partial charge in [-0.15, -0.1) is 0 Å². The Morgan fingerprint density at radius 2 is 1.52 bits per heavy atom. The van der Waals surface area contributed by atoms with Crippen LogP contribution in [0, 0.1) is 27.7 Å².